The van der Waals surface area contributed by atoms with Gasteiger partial charge in [-0.15, -0.1) is 10.2 Å². The topological polar surface area (TPSA) is 79.0 Å². The first kappa shape index (κ1) is 19.1. The fourth-order valence-corrected chi connectivity index (χ4v) is 4.26. The molecule has 1 N–H and O–H groups in total. The summed E-state index contributed by atoms with van der Waals surface area (Å²) in [6.07, 6.45) is 4.88. The first-order valence-corrected chi connectivity index (χ1v) is 10.6. The van der Waals surface area contributed by atoms with Crippen LogP contribution in [0, 0.1) is 0 Å². The highest BCUT2D eigenvalue weighted by Crippen LogP contribution is 2.35. The summed E-state index contributed by atoms with van der Waals surface area (Å²) >= 11 is 6.35. The van der Waals surface area contributed by atoms with Crippen molar-refractivity contribution < 1.29 is 9.47 Å². The SMILES string of the molecule is Clc1ccc2c(c1)-c1nnc(COCc3ccccc3)n1Cc1c(C3NC=CO3)ncn1-2. The highest BCUT2D eigenvalue weighted by Gasteiger charge is 2.29. The van der Waals surface area contributed by atoms with Gasteiger partial charge in [0.25, 0.3) is 0 Å². The zero-order chi connectivity index (χ0) is 21.5. The molecule has 0 amide bonds. The molecule has 2 aromatic heterocycles. The molecule has 4 heterocycles. The summed E-state index contributed by atoms with van der Waals surface area (Å²) in [4.78, 5) is 4.65. The third kappa shape index (κ3) is 3.24. The third-order valence-corrected chi connectivity index (χ3v) is 5.85. The monoisotopic (exact) mass is 446 g/mol. The predicted octanol–water partition coefficient (Wildman–Crippen LogP) is 3.95. The Balaban J connectivity index is 1.39. The maximum atomic E-state index is 6.35. The molecule has 160 valence electrons. The van der Waals surface area contributed by atoms with Crippen molar-refractivity contribution in [1.82, 2.24) is 29.6 Å². The molecule has 8 nitrogen and oxygen atoms in total. The number of rotatable bonds is 5. The summed E-state index contributed by atoms with van der Waals surface area (Å²) in [5.41, 5.74) is 4.74. The quantitative estimate of drug-likeness (QED) is 0.440. The lowest BCUT2D eigenvalue weighted by Crippen LogP contribution is -2.17. The third-order valence-electron chi connectivity index (χ3n) is 5.61. The van der Waals surface area contributed by atoms with Gasteiger partial charge in [-0.25, -0.2) is 4.98 Å². The van der Waals surface area contributed by atoms with E-state index in [1.54, 1.807) is 12.5 Å². The summed E-state index contributed by atoms with van der Waals surface area (Å²) in [5, 5.41) is 12.8. The van der Waals surface area contributed by atoms with Crippen molar-refractivity contribution in [2.75, 3.05) is 0 Å². The van der Waals surface area contributed by atoms with Crippen LogP contribution in [-0.4, -0.2) is 24.3 Å². The number of hydrogen-bond donors (Lipinski definition) is 1. The van der Waals surface area contributed by atoms with E-state index in [1.165, 1.54) is 0 Å². The average molecular weight is 447 g/mol. The second kappa shape index (κ2) is 7.81. The van der Waals surface area contributed by atoms with Crippen LogP contribution in [0.4, 0.5) is 0 Å². The van der Waals surface area contributed by atoms with Crippen LogP contribution in [0.15, 0.2) is 67.3 Å². The lowest BCUT2D eigenvalue weighted by atomic mass is 10.1. The Bertz CT molecular complexity index is 1310. The Hall–Kier alpha value is -3.62. The zero-order valence-electron chi connectivity index (χ0n) is 17.0. The summed E-state index contributed by atoms with van der Waals surface area (Å²) in [6.45, 7) is 1.36. The van der Waals surface area contributed by atoms with Crippen molar-refractivity contribution in [3.05, 3.63) is 95.1 Å². The summed E-state index contributed by atoms with van der Waals surface area (Å²) in [7, 11) is 0. The Morgan fingerprint density at radius 2 is 2.03 bits per heavy atom. The van der Waals surface area contributed by atoms with Gasteiger partial charge in [0.15, 0.2) is 11.6 Å². The molecule has 0 aliphatic carbocycles. The van der Waals surface area contributed by atoms with E-state index in [9.17, 15) is 0 Å². The Labute approximate surface area is 189 Å². The van der Waals surface area contributed by atoms with Crippen LogP contribution in [0.1, 0.15) is 29.0 Å². The predicted molar refractivity (Wildman–Crippen MR) is 118 cm³/mol. The first-order valence-electron chi connectivity index (χ1n) is 10.2. The Kier molecular flexibility index (Phi) is 4.66. The fraction of sp³-hybridized carbons (Fsp3) is 0.174. The number of nitrogens with zero attached hydrogens (tertiary/aromatic N) is 5. The van der Waals surface area contributed by atoms with Crippen LogP contribution >= 0.6 is 11.6 Å². The molecule has 2 aromatic carbocycles. The minimum atomic E-state index is -0.335. The average Bonchev–Trinajstić information content (AvgIpc) is 3.54. The number of hydrogen-bond acceptors (Lipinski definition) is 6. The number of aromatic nitrogens is 5. The van der Waals surface area contributed by atoms with E-state index in [-0.39, 0.29) is 6.23 Å². The molecule has 1 atom stereocenters. The van der Waals surface area contributed by atoms with Gasteiger partial charge in [0, 0.05) is 16.8 Å². The van der Waals surface area contributed by atoms with E-state index in [4.69, 9.17) is 21.1 Å². The largest absolute Gasteiger partial charge is 0.471 e. The molecule has 0 spiro atoms. The molecule has 0 fully saturated rings. The fourth-order valence-electron chi connectivity index (χ4n) is 4.09. The normalized spacial score (nSPS) is 16.0. The number of benzene rings is 2. The van der Waals surface area contributed by atoms with Gasteiger partial charge in [0.2, 0.25) is 6.23 Å². The number of ether oxygens (including phenoxy) is 2. The van der Waals surface area contributed by atoms with Gasteiger partial charge in [-0.3, -0.25) is 0 Å². The highest BCUT2D eigenvalue weighted by atomic mass is 35.5. The van der Waals surface area contributed by atoms with E-state index < -0.39 is 0 Å². The molecule has 2 aliphatic rings. The van der Waals surface area contributed by atoms with Gasteiger partial charge in [-0.2, -0.15) is 0 Å². The standard InChI is InChI=1S/C23H19ClN6O2/c24-16-6-7-18-17(10-16)22-28-27-20(13-31-12-15-4-2-1-3-5-15)29(22)11-19-21(26-14-30(18)19)23-25-8-9-32-23/h1-10,14,23,25H,11-13H2. The Morgan fingerprint density at radius 1 is 1.12 bits per heavy atom. The molecule has 0 bridgehead atoms. The molecular formula is C23H19ClN6O2. The summed E-state index contributed by atoms with van der Waals surface area (Å²) < 4.78 is 15.8. The lowest BCUT2D eigenvalue weighted by molar-refractivity contribution is 0.0993. The number of nitrogens with one attached hydrogen (secondary N) is 1. The number of halogens is 1. The van der Waals surface area contributed by atoms with E-state index in [1.807, 2.05) is 54.9 Å². The van der Waals surface area contributed by atoms with Crippen LogP contribution in [0.2, 0.25) is 5.02 Å². The van der Waals surface area contributed by atoms with E-state index >= 15 is 0 Å². The molecular weight excluding hydrogens is 428 g/mol. The van der Waals surface area contributed by atoms with Gasteiger partial charge in [-0.05, 0) is 23.8 Å². The first-order chi connectivity index (χ1) is 15.8. The maximum Gasteiger partial charge on any atom is 0.214 e. The molecule has 0 saturated carbocycles. The molecule has 4 aromatic rings. The van der Waals surface area contributed by atoms with Crippen LogP contribution in [0.3, 0.4) is 0 Å². The van der Waals surface area contributed by atoms with Crippen molar-refractivity contribution in [3.63, 3.8) is 0 Å². The van der Waals surface area contributed by atoms with Crippen LogP contribution in [-0.2, 0) is 29.2 Å². The lowest BCUT2D eigenvalue weighted by Gasteiger charge is -2.14. The zero-order valence-corrected chi connectivity index (χ0v) is 17.7. The van der Waals surface area contributed by atoms with Crippen LogP contribution < -0.4 is 5.32 Å². The van der Waals surface area contributed by atoms with Crippen LogP contribution in [0.5, 0.6) is 0 Å². The summed E-state index contributed by atoms with van der Waals surface area (Å²) in [5.74, 6) is 1.48. The van der Waals surface area contributed by atoms with E-state index in [0.29, 0.717) is 24.8 Å². The van der Waals surface area contributed by atoms with Gasteiger partial charge < -0.3 is 23.9 Å². The Morgan fingerprint density at radius 3 is 2.88 bits per heavy atom. The second-order valence-electron chi connectivity index (χ2n) is 7.60. The van der Waals surface area contributed by atoms with Gasteiger partial charge in [0.05, 0.1) is 24.5 Å². The molecule has 1 unspecified atom stereocenters. The molecule has 0 radical (unpaired) electrons. The molecule has 9 heteroatoms. The van der Waals surface area contributed by atoms with Gasteiger partial charge >= 0.3 is 0 Å². The molecule has 32 heavy (non-hydrogen) atoms. The van der Waals surface area contributed by atoms with Gasteiger partial charge in [-0.1, -0.05) is 41.9 Å². The number of imidazole rings is 1. The van der Waals surface area contributed by atoms with Gasteiger partial charge in [0.1, 0.15) is 24.9 Å². The molecule has 0 saturated heterocycles. The minimum absolute atomic E-state index is 0.334. The second-order valence-corrected chi connectivity index (χ2v) is 8.03. The molecule has 2 aliphatic heterocycles. The highest BCUT2D eigenvalue weighted by molar-refractivity contribution is 6.31. The van der Waals surface area contributed by atoms with Crippen molar-refractivity contribution in [1.29, 1.82) is 0 Å². The van der Waals surface area contributed by atoms with E-state index in [0.717, 1.165) is 39.9 Å². The maximum absolute atomic E-state index is 6.35. The van der Waals surface area contributed by atoms with Crippen molar-refractivity contribution >= 4 is 11.6 Å². The van der Waals surface area contributed by atoms with Crippen molar-refractivity contribution in [2.45, 2.75) is 26.0 Å². The summed E-state index contributed by atoms with van der Waals surface area (Å²) in [6, 6.07) is 15.8. The molecule has 6 rings (SSSR count). The van der Waals surface area contributed by atoms with Crippen LogP contribution in [0.25, 0.3) is 17.1 Å². The van der Waals surface area contributed by atoms with Crippen molar-refractivity contribution in [3.8, 4) is 17.1 Å². The van der Waals surface area contributed by atoms with Crippen molar-refractivity contribution in [2.24, 2.45) is 0 Å². The van der Waals surface area contributed by atoms with E-state index in [2.05, 4.69) is 29.6 Å². The smallest absolute Gasteiger partial charge is 0.214 e. The number of fused-ring (bicyclic) bond motifs is 5. The minimum Gasteiger partial charge on any atom is -0.471 e.